The molecule has 0 aliphatic rings. The number of carbonyl (C=O) groups is 1. The van der Waals surface area contributed by atoms with Gasteiger partial charge in [-0.1, -0.05) is 0 Å². The van der Waals surface area contributed by atoms with Crippen LogP contribution >= 0.6 is 11.8 Å². The molecule has 0 aromatic carbocycles. The Balaban J connectivity index is 2.62. The van der Waals surface area contributed by atoms with Crippen molar-refractivity contribution in [3.63, 3.8) is 0 Å². The fraction of sp³-hybridized carbons (Fsp3) is 0.800. The Kier molecular flexibility index (Phi) is 6.67. The number of nitrogens with one attached hydrogen (secondary N) is 1. The van der Waals surface area contributed by atoms with Crippen molar-refractivity contribution in [3.05, 3.63) is 0 Å². The average Bonchev–Trinajstić information content (AvgIpc) is 1.81. The summed E-state index contributed by atoms with van der Waals surface area (Å²) in [7, 11) is 0. The lowest BCUT2D eigenvalue weighted by atomic mass is 10.5. The minimum absolute atomic E-state index is 0.736. The number of hydrogen-bond acceptors (Lipinski definition) is 2. The number of thioether (sulfide) groups is 1. The standard InChI is InChI=1S/C5H11NOS/c1-8-4-2-3-6-5-7/h5H,2-4H2,1H3,(H,6,7). The van der Waals surface area contributed by atoms with Crippen molar-refractivity contribution in [2.75, 3.05) is 18.6 Å². The largest absolute Gasteiger partial charge is 0.359 e. The van der Waals surface area contributed by atoms with Crippen LogP contribution in [0.15, 0.2) is 0 Å². The van der Waals surface area contributed by atoms with Crippen molar-refractivity contribution in [3.8, 4) is 0 Å². The molecule has 3 heteroatoms. The summed E-state index contributed by atoms with van der Waals surface area (Å²) in [6.45, 7) is 0.810. The summed E-state index contributed by atoms with van der Waals surface area (Å²) in [6, 6.07) is 0. The number of hydrogen-bond donors (Lipinski definition) is 1. The second-order valence-electron chi connectivity index (χ2n) is 1.42. The van der Waals surface area contributed by atoms with E-state index < -0.39 is 0 Å². The lowest BCUT2D eigenvalue weighted by Gasteiger charge is -1.93. The highest BCUT2D eigenvalue weighted by Gasteiger charge is 1.81. The summed E-state index contributed by atoms with van der Waals surface area (Å²) in [4.78, 5) is 9.65. The van der Waals surface area contributed by atoms with Gasteiger partial charge in [-0.25, -0.2) is 0 Å². The Bertz CT molecular complexity index is 58.4. The molecule has 0 fully saturated rings. The molecule has 0 radical (unpaired) electrons. The second-order valence-corrected chi connectivity index (χ2v) is 2.40. The Hall–Kier alpha value is -0.180. The lowest BCUT2D eigenvalue weighted by Crippen LogP contribution is -2.12. The molecule has 1 amide bonds. The highest BCUT2D eigenvalue weighted by atomic mass is 32.2. The molecule has 0 aromatic heterocycles. The molecule has 0 bridgehead atoms. The van der Waals surface area contributed by atoms with E-state index in [0.29, 0.717) is 0 Å². The van der Waals surface area contributed by atoms with Crippen molar-refractivity contribution in [2.45, 2.75) is 6.42 Å². The third-order valence-electron chi connectivity index (χ3n) is 0.753. The van der Waals surface area contributed by atoms with E-state index in [1.165, 1.54) is 0 Å². The van der Waals surface area contributed by atoms with E-state index in [0.717, 1.165) is 25.1 Å². The van der Waals surface area contributed by atoms with Gasteiger partial charge in [-0.05, 0) is 18.4 Å². The lowest BCUT2D eigenvalue weighted by molar-refractivity contribution is -0.109. The van der Waals surface area contributed by atoms with Crippen LogP contribution in [0.1, 0.15) is 6.42 Å². The number of amides is 1. The monoisotopic (exact) mass is 133 g/mol. The van der Waals surface area contributed by atoms with Gasteiger partial charge in [0.2, 0.25) is 6.41 Å². The first-order valence-electron chi connectivity index (χ1n) is 2.57. The maximum atomic E-state index is 9.65. The molecule has 0 atom stereocenters. The molecule has 1 N–H and O–H groups in total. The predicted octanol–water partition coefficient (Wildman–Crippen LogP) is 0.485. The molecular formula is C5H11NOS. The minimum atomic E-state index is 0.736. The molecule has 8 heavy (non-hydrogen) atoms. The van der Waals surface area contributed by atoms with Gasteiger partial charge in [0.15, 0.2) is 0 Å². The van der Waals surface area contributed by atoms with Gasteiger partial charge in [-0.3, -0.25) is 4.79 Å². The maximum Gasteiger partial charge on any atom is 0.207 e. The van der Waals surface area contributed by atoms with Crippen molar-refractivity contribution in [2.24, 2.45) is 0 Å². The fourth-order valence-corrected chi connectivity index (χ4v) is 0.811. The van der Waals surface area contributed by atoms with Crippen LogP contribution in [0.4, 0.5) is 0 Å². The zero-order valence-electron chi connectivity index (χ0n) is 5.02. The van der Waals surface area contributed by atoms with Gasteiger partial charge in [-0.15, -0.1) is 0 Å². The van der Waals surface area contributed by atoms with E-state index in [1.54, 1.807) is 11.8 Å². The van der Waals surface area contributed by atoms with E-state index in [4.69, 9.17) is 0 Å². The normalized spacial score (nSPS) is 8.62. The zero-order valence-corrected chi connectivity index (χ0v) is 5.83. The summed E-state index contributed by atoms with van der Waals surface area (Å²) >= 11 is 1.80. The van der Waals surface area contributed by atoms with Crippen molar-refractivity contribution < 1.29 is 4.79 Å². The van der Waals surface area contributed by atoms with Gasteiger partial charge in [0, 0.05) is 6.54 Å². The summed E-state index contributed by atoms with van der Waals surface area (Å²) in [5, 5.41) is 2.59. The predicted molar refractivity (Wildman–Crippen MR) is 37.1 cm³/mol. The molecule has 0 saturated heterocycles. The summed E-state index contributed by atoms with van der Waals surface area (Å²) in [5.41, 5.74) is 0. The topological polar surface area (TPSA) is 29.1 Å². The summed E-state index contributed by atoms with van der Waals surface area (Å²) < 4.78 is 0. The van der Waals surface area contributed by atoms with Gasteiger partial charge in [0.25, 0.3) is 0 Å². The van der Waals surface area contributed by atoms with Crippen LogP contribution in [-0.2, 0) is 4.79 Å². The van der Waals surface area contributed by atoms with E-state index in [-0.39, 0.29) is 0 Å². The van der Waals surface area contributed by atoms with Gasteiger partial charge in [-0.2, -0.15) is 11.8 Å². The summed E-state index contributed by atoms with van der Waals surface area (Å²) in [6.07, 6.45) is 3.86. The average molecular weight is 133 g/mol. The second kappa shape index (κ2) is 6.82. The number of rotatable bonds is 5. The Morgan fingerprint density at radius 1 is 1.75 bits per heavy atom. The molecule has 0 aliphatic heterocycles. The highest BCUT2D eigenvalue weighted by Crippen LogP contribution is 1.92. The van der Waals surface area contributed by atoms with Gasteiger partial charge in [0.05, 0.1) is 0 Å². The van der Waals surface area contributed by atoms with Crippen molar-refractivity contribution >= 4 is 18.2 Å². The molecular weight excluding hydrogens is 122 g/mol. The molecule has 0 aliphatic carbocycles. The van der Waals surface area contributed by atoms with Crippen LogP contribution in [0.5, 0.6) is 0 Å². The smallest absolute Gasteiger partial charge is 0.207 e. The zero-order chi connectivity index (χ0) is 6.24. The Morgan fingerprint density at radius 3 is 3.00 bits per heavy atom. The van der Waals surface area contributed by atoms with Crippen molar-refractivity contribution in [1.82, 2.24) is 5.32 Å². The van der Waals surface area contributed by atoms with Crippen LogP contribution in [0.25, 0.3) is 0 Å². The van der Waals surface area contributed by atoms with Gasteiger partial charge in [0.1, 0.15) is 0 Å². The van der Waals surface area contributed by atoms with E-state index in [9.17, 15) is 4.79 Å². The quantitative estimate of drug-likeness (QED) is 0.437. The van der Waals surface area contributed by atoms with E-state index in [2.05, 4.69) is 11.6 Å². The number of carbonyl (C=O) groups excluding carboxylic acids is 1. The van der Waals surface area contributed by atoms with Crippen molar-refractivity contribution in [1.29, 1.82) is 0 Å². The minimum Gasteiger partial charge on any atom is -0.359 e. The molecule has 0 aromatic rings. The molecule has 48 valence electrons. The first kappa shape index (κ1) is 7.82. The third-order valence-corrected chi connectivity index (χ3v) is 1.45. The van der Waals surface area contributed by atoms with Crippen LogP contribution in [-0.4, -0.2) is 25.0 Å². The van der Waals surface area contributed by atoms with E-state index >= 15 is 0 Å². The third kappa shape index (κ3) is 5.82. The van der Waals surface area contributed by atoms with Crippen LogP contribution in [0.3, 0.4) is 0 Å². The SMILES string of the molecule is CSCCCNC=O. The maximum absolute atomic E-state index is 9.65. The van der Waals surface area contributed by atoms with Crippen LogP contribution < -0.4 is 5.32 Å². The van der Waals surface area contributed by atoms with Crippen LogP contribution in [0.2, 0.25) is 0 Å². The van der Waals surface area contributed by atoms with Gasteiger partial charge >= 0.3 is 0 Å². The molecule has 0 unspecified atom stereocenters. The Labute approximate surface area is 54.0 Å². The molecule has 0 heterocycles. The Morgan fingerprint density at radius 2 is 2.50 bits per heavy atom. The van der Waals surface area contributed by atoms with E-state index in [1.807, 2.05) is 0 Å². The van der Waals surface area contributed by atoms with Gasteiger partial charge < -0.3 is 5.32 Å². The molecule has 0 spiro atoms. The highest BCUT2D eigenvalue weighted by molar-refractivity contribution is 7.98. The fourth-order valence-electron chi connectivity index (χ4n) is 0.377. The summed E-state index contributed by atoms with van der Waals surface area (Å²) in [5.74, 6) is 1.13. The first-order chi connectivity index (χ1) is 3.91. The first-order valence-corrected chi connectivity index (χ1v) is 3.97. The molecule has 0 rings (SSSR count). The molecule has 0 saturated carbocycles. The molecule has 2 nitrogen and oxygen atoms in total. The van der Waals surface area contributed by atoms with Crippen LogP contribution in [0, 0.1) is 0 Å².